The molecule has 1 N–H and O–H groups in total. The van der Waals surface area contributed by atoms with Gasteiger partial charge >= 0.3 is 0 Å². The lowest BCUT2D eigenvalue weighted by Crippen LogP contribution is -2.46. The van der Waals surface area contributed by atoms with E-state index in [1.54, 1.807) is 24.3 Å². The van der Waals surface area contributed by atoms with Crippen molar-refractivity contribution in [3.8, 4) is 0 Å². The largest absolute Gasteiger partial charge is 0.349 e. The van der Waals surface area contributed by atoms with Gasteiger partial charge in [-0.15, -0.1) is 0 Å². The Morgan fingerprint density at radius 3 is 2.77 bits per heavy atom. The Hall–Kier alpha value is -1.89. The van der Waals surface area contributed by atoms with Crippen LogP contribution in [-0.4, -0.2) is 31.7 Å². The number of rotatable bonds is 5. The van der Waals surface area contributed by atoms with E-state index in [1.165, 1.54) is 15.4 Å². The number of amides is 1. The molecule has 5 nitrogen and oxygen atoms in total. The van der Waals surface area contributed by atoms with Crippen molar-refractivity contribution in [3.05, 3.63) is 70.2 Å². The van der Waals surface area contributed by atoms with E-state index < -0.39 is 10.0 Å². The van der Waals surface area contributed by atoms with Crippen LogP contribution in [0.15, 0.2) is 48.5 Å². The highest BCUT2D eigenvalue weighted by atomic mass is 35.5. The minimum absolute atomic E-state index is 0.0147. The molecule has 0 radical (unpaired) electrons. The number of carbonyl (C=O) groups is 1. The minimum Gasteiger partial charge on any atom is -0.349 e. The monoisotopic (exact) mass is 446 g/mol. The van der Waals surface area contributed by atoms with Crippen molar-refractivity contribution < 1.29 is 13.2 Å². The topological polar surface area (TPSA) is 66.5 Å². The highest BCUT2D eigenvalue weighted by Gasteiger charge is 2.33. The van der Waals surface area contributed by atoms with E-state index in [2.05, 4.69) is 17.4 Å². The number of fused-ring (bicyclic) bond motifs is 1. The van der Waals surface area contributed by atoms with Gasteiger partial charge in [0.2, 0.25) is 15.9 Å². The maximum Gasteiger partial charge on any atom is 0.224 e. The van der Waals surface area contributed by atoms with Crippen molar-refractivity contribution in [2.24, 2.45) is 5.92 Å². The van der Waals surface area contributed by atoms with Crippen LogP contribution in [0.3, 0.4) is 0 Å². The molecule has 0 bridgehead atoms. The fourth-order valence-electron chi connectivity index (χ4n) is 4.53. The van der Waals surface area contributed by atoms with Crippen LogP contribution in [-0.2, 0) is 27.0 Å². The molecule has 1 saturated heterocycles. The quantitative estimate of drug-likeness (QED) is 0.752. The molecule has 4 rings (SSSR count). The van der Waals surface area contributed by atoms with Gasteiger partial charge in [-0.3, -0.25) is 4.79 Å². The van der Waals surface area contributed by atoms with Crippen molar-refractivity contribution in [1.29, 1.82) is 0 Å². The predicted molar refractivity (Wildman–Crippen MR) is 119 cm³/mol. The molecular weight excluding hydrogens is 420 g/mol. The highest BCUT2D eigenvalue weighted by Crippen LogP contribution is 2.30. The summed E-state index contributed by atoms with van der Waals surface area (Å²) < 4.78 is 27.3. The van der Waals surface area contributed by atoms with Crippen molar-refractivity contribution in [1.82, 2.24) is 9.62 Å². The lowest BCUT2D eigenvalue weighted by molar-refractivity contribution is -0.127. The number of hydrogen-bond donors (Lipinski definition) is 1. The average molecular weight is 447 g/mol. The normalized spacial score (nSPS) is 22.3. The van der Waals surface area contributed by atoms with E-state index in [0.717, 1.165) is 19.3 Å². The molecule has 0 saturated carbocycles. The molecule has 2 atom stereocenters. The van der Waals surface area contributed by atoms with E-state index in [-0.39, 0.29) is 30.2 Å². The first-order valence-electron chi connectivity index (χ1n) is 10.5. The molecule has 0 spiro atoms. The molecule has 1 aliphatic carbocycles. The SMILES string of the molecule is O=C(N[C@H]1CCCc2ccccc21)[C@H]1CCCN(S(=O)(=O)Cc2cccc(Cl)c2)C1. The Morgan fingerprint density at radius 1 is 1.10 bits per heavy atom. The maximum atomic E-state index is 13.0. The van der Waals surface area contributed by atoms with Crippen LogP contribution >= 0.6 is 11.6 Å². The maximum absolute atomic E-state index is 13.0. The number of hydrogen-bond acceptors (Lipinski definition) is 3. The van der Waals surface area contributed by atoms with Crippen molar-refractivity contribution in [2.75, 3.05) is 13.1 Å². The predicted octanol–water partition coefficient (Wildman–Crippen LogP) is 4.08. The van der Waals surface area contributed by atoms with Gasteiger partial charge in [-0.1, -0.05) is 48.0 Å². The van der Waals surface area contributed by atoms with E-state index in [9.17, 15) is 13.2 Å². The Kier molecular flexibility index (Phi) is 6.46. The summed E-state index contributed by atoms with van der Waals surface area (Å²) in [6.45, 7) is 0.696. The van der Waals surface area contributed by atoms with Gasteiger partial charge in [0.25, 0.3) is 0 Å². The summed E-state index contributed by atoms with van der Waals surface area (Å²) in [7, 11) is -3.51. The zero-order valence-corrected chi connectivity index (χ0v) is 18.5. The summed E-state index contributed by atoms with van der Waals surface area (Å²) in [6, 6.07) is 15.2. The molecule has 1 fully saturated rings. The molecular formula is C23H27ClN2O3S. The molecule has 2 aromatic carbocycles. The third-order valence-corrected chi connectivity index (χ3v) is 8.12. The number of benzene rings is 2. The van der Waals surface area contributed by atoms with Crippen molar-refractivity contribution >= 4 is 27.5 Å². The second-order valence-electron chi connectivity index (χ2n) is 8.24. The standard InChI is InChI=1S/C23H27ClN2O3S/c24-20-10-3-6-17(14-20)16-30(28,29)26-13-5-9-19(15-26)23(27)25-22-12-4-8-18-7-1-2-11-21(18)22/h1-3,6-7,10-11,14,19,22H,4-5,8-9,12-13,15-16H2,(H,25,27)/t19-,22-/m0/s1. The summed E-state index contributed by atoms with van der Waals surface area (Å²) in [5.74, 6) is -0.459. The third-order valence-electron chi connectivity index (χ3n) is 6.07. The second kappa shape index (κ2) is 9.08. The van der Waals surface area contributed by atoms with Gasteiger partial charge in [0.15, 0.2) is 0 Å². The summed E-state index contributed by atoms with van der Waals surface area (Å²) in [4.78, 5) is 13.0. The van der Waals surface area contributed by atoms with Crippen LogP contribution in [0.5, 0.6) is 0 Å². The van der Waals surface area contributed by atoms with E-state index >= 15 is 0 Å². The summed E-state index contributed by atoms with van der Waals surface area (Å²) in [5, 5.41) is 3.72. The fourth-order valence-corrected chi connectivity index (χ4v) is 6.34. The van der Waals surface area contributed by atoms with Gasteiger partial charge in [-0.05, 0) is 60.9 Å². The Balaban J connectivity index is 1.42. The third kappa shape index (κ3) is 4.88. The van der Waals surface area contributed by atoms with Crippen LogP contribution in [0.4, 0.5) is 0 Å². The van der Waals surface area contributed by atoms with Gasteiger partial charge in [0.05, 0.1) is 17.7 Å². The Labute approximate surface area is 183 Å². The molecule has 160 valence electrons. The smallest absolute Gasteiger partial charge is 0.224 e. The van der Waals surface area contributed by atoms with Crippen LogP contribution in [0.1, 0.15) is 48.4 Å². The summed E-state index contributed by atoms with van der Waals surface area (Å²) >= 11 is 5.99. The van der Waals surface area contributed by atoms with E-state index in [1.807, 2.05) is 12.1 Å². The zero-order valence-electron chi connectivity index (χ0n) is 16.9. The van der Waals surface area contributed by atoms with Gasteiger partial charge < -0.3 is 5.32 Å². The van der Waals surface area contributed by atoms with Crippen LogP contribution in [0, 0.1) is 5.92 Å². The molecule has 0 unspecified atom stereocenters. The molecule has 7 heteroatoms. The van der Waals surface area contributed by atoms with Gasteiger partial charge in [-0.25, -0.2) is 12.7 Å². The number of sulfonamides is 1. The average Bonchev–Trinajstić information content (AvgIpc) is 2.74. The van der Waals surface area contributed by atoms with Crippen molar-refractivity contribution in [3.63, 3.8) is 0 Å². The first-order valence-corrected chi connectivity index (χ1v) is 12.5. The van der Waals surface area contributed by atoms with Gasteiger partial charge in [0, 0.05) is 18.1 Å². The van der Waals surface area contributed by atoms with Gasteiger partial charge in [0.1, 0.15) is 0 Å². The Bertz CT molecular complexity index is 1020. The molecule has 1 amide bonds. The number of nitrogens with zero attached hydrogens (tertiary/aromatic N) is 1. The molecule has 2 aromatic rings. The lowest BCUT2D eigenvalue weighted by atomic mass is 9.87. The number of nitrogens with one attached hydrogen (secondary N) is 1. The molecule has 0 aromatic heterocycles. The first kappa shape index (κ1) is 21.3. The Morgan fingerprint density at radius 2 is 1.93 bits per heavy atom. The number of aryl methyl sites for hydroxylation is 1. The minimum atomic E-state index is -3.51. The first-order chi connectivity index (χ1) is 14.4. The second-order valence-corrected chi connectivity index (χ2v) is 10.6. The number of halogens is 1. The zero-order chi connectivity index (χ0) is 21.1. The fraction of sp³-hybridized carbons (Fsp3) is 0.435. The van der Waals surface area contributed by atoms with E-state index in [4.69, 9.17) is 11.6 Å². The summed E-state index contributed by atoms with van der Waals surface area (Å²) in [5.41, 5.74) is 3.15. The molecule has 2 aliphatic rings. The molecule has 1 heterocycles. The molecule has 1 aliphatic heterocycles. The van der Waals surface area contributed by atoms with Crippen LogP contribution in [0.25, 0.3) is 0 Å². The summed E-state index contributed by atoms with van der Waals surface area (Å²) in [6.07, 6.45) is 4.41. The van der Waals surface area contributed by atoms with Crippen LogP contribution in [0.2, 0.25) is 5.02 Å². The number of piperidine rings is 1. The number of carbonyl (C=O) groups excluding carboxylic acids is 1. The van der Waals surface area contributed by atoms with Crippen LogP contribution < -0.4 is 5.32 Å². The lowest BCUT2D eigenvalue weighted by Gasteiger charge is -2.33. The molecule has 30 heavy (non-hydrogen) atoms. The van der Waals surface area contributed by atoms with E-state index in [0.29, 0.717) is 30.0 Å². The van der Waals surface area contributed by atoms with Crippen molar-refractivity contribution in [2.45, 2.75) is 43.9 Å². The van der Waals surface area contributed by atoms with Gasteiger partial charge in [-0.2, -0.15) is 0 Å². The highest BCUT2D eigenvalue weighted by molar-refractivity contribution is 7.88.